The first-order valence-corrected chi connectivity index (χ1v) is 8.49. The molecular weight excluding hydrogens is 278 g/mol. The molecule has 0 unspecified atom stereocenters. The number of nitrogens with zero attached hydrogens (tertiary/aromatic N) is 2. The largest absolute Gasteiger partial charge is 0.360 e. The second kappa shape index (κ2) is 5.83. The van der Waals surface area contributed by atoms with Gasteiger partial charge >= 0.3 is 0 Å². The first kappa shape index (κ1) is 15.5. The summed E-state index contributed by atoms with van der Waals surface area (Å²) in [6.07, 6.45) is 1.67. The first-order chi connectivity index (χ1) is 9.31. The Balaban J connectivity index is 2.04. The van der Waals surface area contributed by atoms with Crippen LogP contribution >= 0.6 is 0 Å². The zero-order valence-electron chi connectivity index (χ0n) is 12.5. The summed E-state index contributed by atoms with van der Waals surface area (Å²) in [6.45, 7) is 9.43. The fourth-order valence-electron chi connectivity index (χ4n) is 2.67. The second-order valence-corrected chi connectivity index (χ2v) is 7.33. The summed E-state index contributed by atoms with van der Waals surface area (Å²) >= 11 is 0. The van der Waals surface area contributed by atoms with Gasteiger partial charge in [-0.3, -0.25) is 0 Å². The van der Waals surface area contributed by atoms with Crippen LogP contribution in [0, 0.1) is 13.8 Å². The molecule has 1 saturated heterocycles. The van der Waals surface area contributed by atoms with E-state index in [2.05, 4.69) is 28.6 Å². The van der Waals surface area contributed by atoms with Gasteiger partial charge in [0.05, 0.1) is 0 Å². The smallest absolute Gasteiger partial charge is 0.246 e. The average molecular weight is 301 g/mol. The Morgan fingerprint density at radius 3 is 2.35 bits per heavy atom. The van der Waals surface area contributed by atoms with Crippen molar-refractivity contribution in [3.63, 3.8) is 0 Å². The normalized spacial score (nSPS) is 18.9. The van der Waals surface area contributed by atoms with E-state index >= 15 is 0 Å². The number of sulfonamides is 1. The van der Waals surface area contributed by atoms with Crippen LogP contribution in [0.2, 0.25) is 0 Å². The number of likely N-dealkylation sites (tertiary alicyclic amines) is 1. The number of aromatic nitrogens is 1. The summed E-state index contributed by atoms with van der Waals surface area (Å²) in [7, 11) is -3.54. The predicted octanol–water partition coefficient (Wildman–Crippen LogP) is 1.44. The Hall–Kier alpha value is -0.920. The number of aryl methyl sites for hydroxylation is 2. The zero-order valence-corrected chi connectivity index (χ0v) is 13.3. The minimum atomic E-state index is -3.54. The molecule has 0 saturated carbocycles. The Morgan fingerprint density at radius 2 is 1.90 bits per heavy atom. The zero-order chi connectivity index (χ0) is 14.9. The van der Waals surface area contributed by atoms with E-state index in [1.807, 2.05) is 0 Å². The monoisotopic (exact) mass is 301 g/mol. The lowest BCUT2D eigenvalue weighted by Crippen LogP contribution is -2.46. The van der Waals surface area contributed by atoms with E-state index in [4.69, 9.17) is 4.52 Å². The topological polar surface area (TPSA) is 75.4 Å². The maximum atomic E-state index is 12.4. The van der Waals surface area contributed by atoms with Crippen molar-refractivity contribution in [3.8, 4) is 0 Å². The maximum absolute atomic E-state index is 12.4. The highest BCUT2D eigenvalue weighted by atomic mass is 32.2. The molecular formula is C13H23N3O3S. The molecule has 6 nitrogen and oxygen atoms in total. The third-order valence-electron chi connectivity index (χ3n) is 3.82. The van der Waals surface area contributed by atoms with E-state index in [9.17, 15) is 8.42 Å². The third-order valence-corrected chi connectivity index (χ3v) is 5.58. The summed E-state index contributed by atoms with van der Waals surface area (Å²) in [5.74, 6) is 0.342. The van der Waals surface area contributed by atoms with Gasteiger partial charge in [0, 0.05) is 12.1 Å². The van der Waals surface area contributed by atoms with E-state index in [-0.39, 0.29) is 10.9 Å². The summed E-state index contributed by atoms with van der Waals surface area (Å²) in [5.41, 5.74) is 0.412. The number of hydrogen-bond donors (Lipinski definition) is 1. The van der Waals surface area contributed by atoms with Crippen LogP contribution in [0.1, 0.15) is 38.1 Å². The SMILES string of the molecule is Cc1noc(C)c1S(=O)(=O)NC1CCN(C(C)C)CC1. The minimum Gasteiger partial charge on any atom is -0.360 e. The van der Waals surface area contributed by atoms with Crippen LogP contribution in [0.4, 0.5) is 0 Å². The number of rotatable bonds is 4. The molecule has 0 bridgehead atoms. The Bertz CT molecular complexity index is 538. The van der Waals surface area contributed by atoms with E-state index in [0.717, 1.165) is 25.9 Å². The van der Waals surface area contributed by atoms with Gasteiger partial charge in [0.2, 0.25) is 10.0 Å². The molecule has 1 N–H and O–H groups in total. The van der Waals surface area contributed by atoms with Crippen molar-refractivity contribution in [2.45, 2.75) is 57.5 Å². The Labute approximate surface area is 120 Å². The van der Waals surface area contributed by atoms with Crippen molar-refractivity contribution in [2.24, 2.45) is 0 Å². The number of piperidine rings is 1. The van der Waals surface area contributed by atoms with Crippen LogP contribution < -0.4 is 4.72 Å². The molecule has 0 atom stereocenters. The van der Waals surface area contributed by atoms with E-state index in [1.54, 1.807) is 13.8 Å². The standard InChI is InChI=1S/C13H23N3O3S/c1-9(2)16-7-5-12(6-8-16)15-20(17,18)13-10(3)14-19-11(13)4/h9,12,15H,5-8H2,1-4H3. The van der Waals surface area contributed by atoms with Crippen LogP contribution in [0.25, 0.3) is 0 Å². The molecule has 20 heavy (non-hydrogen) atoms. The molecule has 0 radical (unpaired) electrons. The lowest BCUT2D eigenvalue weighted by atomic mass is 10.1. The summed E-state index contributed by atoms with van der Waals surface area (Å²) in [6, 6.07) is 0.499. The van der Waals surface area contributed by atoms with Crippen molar-refractivity contribution in [3.05, 3.63) is 11.5 Å². The minimum absolute atomic E-state index is 0.0105. The molecule has 0 aromatic carbocycles. The van der Waals surface area contributed by atoms with Crippen LogP contribution in [0.5, 0.6) is 0 Å². The molecule has 2 heterocycles. The molecule has 1 aromatic heterocycles. The molecule has 0 aliphatic carbocycles. The number of hydrogen-bond acceptors (Lipinski definition) is 5. The van der Waals surface area contributed by atoms with Gasteiger partial charge in [0.1, 0.15) is 10.6 Å². The summed E-state index contributed by atoms with van der Waals surface area (Å²) in [4.78, 5) is 2.55. The van der Waals surface area contributed by atoms with Gasteiger partial charge in [-0.2, -0.15) is 0 Å². The summed E-state index contributed by atoms with van der Waals surface area (Å²) < 4.78 is 32.5. The van der Waals surface area contributed by atoms with Crippen LogP contribution in [0.15, 0.2) is 9.42 Å². The Morgan fingerprint density at radius 1 is 1.30 bits per heavy atom. The fraction of sp³-hybridized carbons (Fsp3) is 0.769. The van der Waals surface area contributed by atoms with Gasteiger partial charge in [0.15, 0.2) is 5.76 Å². The molecule has 2 rings (SSSR count). The quantitative estimate of drug-likeness (QED) is 0.911. The predicted molar refractivity (Wildman–Crippen MR) is 76.0 cm³/mol. The lowest BCUT2D eigenvalue weighted by Gasteiger charge is -2.34. The molecule has 1 aromatic rings. The van der Waals surface area contributed by atoms with Gasteiger partial charge in [0.25, 0.3) is 0 Å². The van der Waals surface area contributed by atoms with Gasteiger partial charge in [-0.1, -0.05) is 5.16 Å². The van der Waals surface area contributed by atoms with Gasteiger partial charge in [-0.15, -0.1) is 0 Å². The van der Waals surface area contributed by atoms with Crippen molar-refractivity contribution in [1.29, 1.82) is 0 Å². The van der Waals surface area contributed by atoms with Crippen molar-refractivity contribution >= 4 is 10.0 Å². The van der Waals surface area contributed by atoms with Gasteiger partial charge < -0.3 is 9.42 Å². The molecule has 0 spiro atoms. The second-order valence-electron chi connectivity index (χ2n) is 5.68. The van der Waals surface area contributed by atoms with Crippen molar-refractivity contribution < 1.29 is 12.9 Å². The molecule has 1 aliphatic heterocycles. The molecule has 114 valence electrons. The average Bonchev–Trinajstić information content (AvgIpc) is 2.69. The fourth-order valence-corrected chi connectivity index (χ4v) is 4.30. The lowest BCUT2D eigenvalue weighted by molar-refractivity contribution is 0.168. The highest BCUT2D eigenvalue weighted by Gasteiger charge is 2.29. The van der Waals surface area contributed by atoms with Crippen LogP contribution in [-0.4, -0.2) is 43.6 Å². The van der Waals surface area contributed by atoms with E-state index < -0.39 is 10.0 Å². The molecule has 7 heteroatoms. The maximum Gasteiger partial charge on any atom is 0.246 e. The molecule has 1 fully saturated rings. The summed E-state index contributed by atoms with van der Waals surface area (Å²) in [5, 5.41) is 3.71. The van der Waals surface area contributed by atoms with Crippen molar-refractivity contribution in [2.75, 3.05) is 13.1 Å². The van der Waals surface area contributed by atoms with E-state index in [1.165, 1.54) is 0 Å². The van der Waals surface area contributed by atoms with Gasteiger partial charge in [-0.25, -0.2) is 13.1 Å². The highest BCUT2D eigenvalue weighted by Crippen LogP contribution is 2.21. The highest BCUT2D eigenvalue weighted by molar-refractivity contribution is 7.89. The van der Waals surface area contributed by atoms with Gasteiger partial charge in [-0.05, 0) is 53.6 Å². The van der Waals surface area contributed by atoms with Crippen molar-refractivity contribution in [1.82, 2.24) is 14.8 Å². The van der Waals surface area contributed by atoms with E-state index in [0.29, 0.717) is 17.5 Å². The van der Waals surface area contributed by atoms with Crippen LogP contribution in [0.3, 0.4) is 0 Å². The molecule has 1 aliphatic rings. The van der Waals surface area contributed by atoms with Crippen LogP contribution in [-0.2, 0) is 10.0 Å². The third kappa shape index (κ3) is 3.21. The molecule has 0 amide bonds. The Kier molecular flexibility index (Phi) is 4.51. The first-order valence-electron chi connectivity index (χ1n) is 7.00. The number of nitrogens with one attached hydrogen (secondary N) is 1.